The predicted octanol–water partition coefficient (Wildman–Crippen LogP) is -0.702. The molecule has 0 spiro atoms. The van der Waals surface area contributed by atoms with Crippen LogP contribution in [0.2, 0.25) is 0 Å². The first-order chi connectivity index (χ1) is 9.49. The van der Waals surface area contributed by atoms with Crippen molar-refractivity contribution in [3.05, 3.63) is 0 Å². The topological polar surface area (TPSA) is 116 Å². The highest BCUT2D eigenvalue weighted by atomic mass is 16.4. The van der Waals surface area contributed by atoms with Gasteiger partial charge in [0.1, 0.15) is 6.54 Å². The summed E-state index contributed by atoms with van der Waals surface area (Å²) < 4.78 is 0. The fraction of sp³-hybridized carbons (Fsp3) is 0.667. The lowest BCUT2D eigenvalue weighted by molar-refractivity contribution is -0.144. The number of hydrogen-bond donors (Lipinski definition) is 3. The maximum absolute atomic E-state index is 11.8. The number of nitrogens with zero attached hydrogens (tertiary/aromatic N) is 1. The summed E-state index contributed by atoms with van der Waals surface area (Å²) in [6.45, 7) is -0.471. The third-order valence-corrected chi connectivity index (χ3v) is 3.67. The Balaban J connectivity index is 1.91. The Morgan fingerprint density at radius 3 is 2.60 bits per heavy atom. The number of urea groups is 1. The van der Waals surface area contributed by atoms with Crippen molar-refractivity contribution in [1.82, 2.24) is 15.5 Å². The molecule has 4 amide bonds. The van der Waals surface area contributed by atoms with Crippen LogP contribution in [-0.4, -0.2) is 53.0 Å². The second kappa shape index (κ2) is 5.89. The molecule has 1 saturated carbocycles. The van der Waals surface area contributed by atoms with Crippen molar-refractivity contribution in [2.24, 2.45) is 5.92 Å². The zero-order valence-corrected chi connectivity index (χ0v) is 10.9. The molecule has 1 aliphatic heterocycles. The largest absolute Gasteiger partial charge is 0.481 e. The van der Waals surface area contributed by atoms with Crippen molar-refractivity contribution in [2.75, 3.05) is 13.1 Å². The number of carboxylic acids is 1. The number of hydrogen-bond acceptors (Lipinski definition) is 4. The zero-order valence-electron chi connectivity index (χ0n) is 10.9. The van der Waals surface area contributed by atoms with E-state index in [1.165, 1.54) is 0 Å². The highest BCUT2D eigenvalue weighted by Gasteiger charge is 2.34. The number of carboxylic acid groups (broad SMARTS) is 1. The van der Waals surface area contributed by atoms with Crippen LogP contribution in [0.15, 0.2) is 0 Å². The molecule has 3 N–H and O–H groups in total. The van der Waals surface area contributed by atoms with E-state index in [1.807, 2.05) is 0 Å². The molecule has 0 radical (unpaired) electrons. The summed E-state index contributed by atoms with van der Waals surface area (Å²) in [5, 5.41) is 14.1. The third-order valence-electron chi connectivity index (χ3n) is 3.67. The molecule has 2 aliphatic rings. The van der Waals surface area contributed by atoms with Gasteiger partial charge in [0.2, 0.25) is 5.91 Å². The highest BCUT2D eigenvalue weighted by Crippen LogP contribution is 2.24. The Morgan fingerprint density at radius 1 is 1.30 bits per heavy atom. The summed E-state index contributed by atoms with van der Waals surface area (Å²) in [5.41, 5.74) is 0. The van der Waals surface area contributed by atoms with E-state index in [2.05, 4.69) is 10.6 Å². The van der Waals surface area contributed by atoms with Gasteiger partial charge in [-0.25, -0.2) is 4.79 Å². The number of rotatable bonds is 4. The average molecular weight is 283 g/mol. The summed E-state index contributed by atoms with van der Waals surface area (Å²) in [6.07, 6.45) is 2.82. The average Bonchev–Trinajstić information content (AvgIpc) is 2.71. The summed E-state index contributed by atoms with van der Waals surface area (Å²) >= 11 is 0. The van der Waals surface area contributed by atoms with Gasteiger partial charge in [0.25, 0.3) is 5.91 Å². The normalized spacial score (nSPS) is 26.3. The van der Waals surface area contributed by atoms with E-state index < -0.39 is 35.8 Å². The molecular weight excluding hydrogens is 266 g/mol. The summed E-state index contributed by atoms with van der Waals surface area (Å²) in [7, 11) is 0. The number of carbonyl (C=O) groups is 4. The molecule has 2 unspecified atom stereocenters. The lowest BCUT2D eigenvalue weighted by atomic mass is 9.84. The molecule has 0 aromatic rings. The van der Waals surface area contributed by atoms with Gasteiger partial charge in [-0.2, -0.15) is 0 Å². The van der Waals surface area contributed by atoms with Crippen molar-refractivity contribution in [3.8, 4) is 0 Å². The first kappa shape index (κ1) is 14.3. The Hall–Kier alpha value is -2.12. The van der Waals surface area contributed by atoms with E-state index in [0.717, 1.165) is 17.7 Å². The lowest BCUT2D eigenvalue weighted by Gasteiger charge is -2.29. The number of imide groups is 1. The maximum Gasteiger partial charge on any atom is 0.325 e. The van der Waals surface area contributed by atoms with Crippen LogP contribution in [0.4, 0.5) is 4.79 Å². The number of nitrogens with one attached hydrogen (secondary N) is 2. The lowest BCUT2D eigenvalue weighted by Crippen LogP contribution is -2.49. The standard InChI is InChI=1S/C12H17N3O5/c16-9(6-15-10(17)5-13-12(15)20)14-8-4-2-1-3-7(8)11(18)19/h7-8H,1-6H2,(H,13,20)(H,14,16)(H,18,19). The van der Waals surface area contributed by atoms with Gasteiger partial charge in [0.05, 0.1) is 12.5 Å². The van der Waals surface area contributed by atoms with Gasteiger partial charge in [0.15, 0.2) is 0 Å². The maximum atomic E-state index is 11.8. The van der Waals surface area contributed by atoms with Crippen LogP contribution in [0.25, 0.3) is 0 Å². The van der Waals surface area contributed by atoms with Crippen LogP contribution >= 0.6 is 0 Å². The third kappa shape index (κ3) is 3.06. The van der Waals surface area contributed by atoms with Gasteiger partial charge >= 0.3 is 12.0 Å². The minimum Gasteiger partial charge on any atom is -0.481 e. The van der Waals surface area contributed by atoms with Gasteiger partial charge < -0.3 is 15.7 Å². The molecule has 1 heterocycles. The quantitative estimate of drug-likeness (QED) is 0.590. The minimum atomic E-state index is -0.926. The number of amides is 4. The van der Waals surface area contributed by atoms with Crippen LogP contribution in [0.5, 0.6) is 0 Å². The van der Waals surface area contributed by atoms with Crippen molar-refractivity contribution in [3.63, 3.8) is 0 Å². The zero-order chi connectivity index (χ0) is 14.7. The minimum absolute atomic E-state index is 0.104. The van der Waals surface area contributed by atoms with Gasteiger partial charge in [0, 0.05) is 6.04 Å². The van der Waals surface area contributed by atoms with Crippen LogP contribution in [0.3, 0.4) is 0 Å². The van der Waals surface area contributed by atoms with Gasteiger partial charge in [-0.15, -0.1) is 0 Å². The second-order valence-electron chi connectivity index (χ2n) is 5.04. The van der Waals surface area contributed by atoms with Crippen molar-refractivity contribution in [2.45, 2.75) is 31.7 Å². The number of aliphatic carboxylic acids is 1. The fourth-order valence-corrected chi connectivity index (χ4v) is 2.61. The van der Waals surface area contributed by atoms with E-state index >= 15 is 0 Å². The fourth-order valence-electron chi connectivity index (χ4n) is 2.61. The molecule has 0 aromatic heterocycles. The van der Waals surface area contributed by atoms with Gasteiger partial charge in [-0.3, -0.25) is 19.3 Å². The Kier molecular flexibility index (Phi) is 4.21. The molecule has 1 saturated heterocycles. The number of carbonyl (C=O) groups excluding carboxylic acids is 3. The van der Waals surface area contributed by atoms with Crippen LogP contribution in [0, 0.1) is 5.92 Å². The van der Waals surface area contributed by atoms with Gasteiger partial charge in [-0.1, -0.05) is 12.8 Å². The summed E-state index contributed by atoms with van der Waals surface area (Å²) in [6, 6.07) is -1.03. The van der Waals surface area contributed by atoms with Crippen molar-refractivity contribution >= 4 is 23.8 Å². The van der Waals surface area contributed by atoms with E-state index in [1.54, 1.807) is 0 Å². The predicted molar refractivity (Wildman–Crippen MR) is 66.6 cm³/mol. The Morgan fingerprint density at radius 2 is 2.00 bits per heavy atom. The molecule has 20 heavy (non-hydrogen) atoms. The molecule has 2 rings (SSSR count). The van der Waals surface area contributed by atoms with E-state index in [-0.39, 0.29) is 13.1 Å². The highest BCUT2D eigenvalue weighted by molar-refractivity contribution is 6.04. The SMILES string of the molecule is O=C(CN1C(=O)CNC1=O)NC1CCCCC1C(=O)O. The molecule has 8 heteroatoms. The Bertz CT molecular complexity index is 434. The molecular formula is C12H17N3O5. The van der Waals surface area contributed by atoms with E-state index in [0.29, 0.717) is 12.8 Å². The molecule has 8 nitrogen and oxygen atoms in total. The summed E-state index contributed by atoms with van der Waals surface area (Å²) in [5.74, 6) is -2.49. The van der Waals surface area contributed by atoms with Gasteiger partial charge in [-0.05, 0) is 12.8 Å². The van der Waals surface area contributed by atoms with Crippen LogP contribution in [0.1, 0.15) is 25.7 Å². The van der Waals surface area contributed by atoms with Crippen molar-refractivity contribution in [1.29, 1.82) is 0 Å². The van der Waals surface area contributed by atoms with E-state index in [4.69, 9.17) is 5.11 Å². The van der Waals surface area contributed by atoms with Crippen LogP contribution in [-0.2, 0) is 14.4 Å². The monoisotopic (exact) mass is 283 g/mol. The van der Waals surface area contributed by atoms with Crippen LogP contribution < -0.4 is 10.6 Å². The second-order valence-corrected chi connectivity index (χ2v) is 5.04. The van der Waals surface area contributed by atoms with E-state index in [9.17, 15) is 19.2 Å². The Labute approximate surface area is 115 Å². The first-order valence-electron chi connectivity index (χ1n) is 6.59. The molecule has 0 aromatic carbocycles. The molecule has 2 atom stereocenters. The molecule has 1 aliphatic carbocycles. The smallest absolute Gasteiger partial charge is 0.325 e. The molecule has 0 bridgehead atoms. The molecule has 110 valence electrons. The first-order valence-corrected chi connectivity index (χ1v) is 6.59. The summed E-state index contributed by atoms with van der Waals surface area (Å²) in [4.78, 5) is 46.4. The molecule has 2 fully saturated rings. The van der Waals surface area contributed by atoms with Crippen molar-refractivity contribution < 1.29 is 24.3 Å².